The molecule has 4 unspecified atom stereocenters. The Hall–Kier alpha value is 0.540. The zero-order chi connectivity index (χ0) is 14.4. The third-order valence-corrected chi connectivity index (χ3v) is 7.78. The Morgan fingerprint density at radius 3 is 1.75 bits per heavy atom. The van der Waals surface area contributed by atoms with Gasteiger partial charge in [0.05, 0.1) is 0 Å². The van der Waals surface area contributed by atoms with E-state index in [1.807, 2.05) is 23.5 Å². The summed E-state index contributed by atoms with van der Waals surface area (Å²) >= 11 is 12.3. The Kier molecular flexibility index (Phi) is 4.35. The first-order chi connectivity index (χ1) is 9.41. The van der Waals surface area contributed by atoms with E-state index in [2.05, 4.69) is 63.4 Å². The zero-order valence-electron chi connectivity index (χ0n) is 11.4. The fourth-order valence-corrected chi connectivity index (χ4v) is 4.76. The van der Waals surface area contributed by atoms with Gasteiger partial charge in [-0.2, -0.15) is 0 Å². The van der Waals surface area contributed by atoms with Gasteiger partial charge in [0.2, 0.25) is 0 Å². The summed E-state index contributed by atoms with van der Waals surface area (Å²) in [5, 5.41) is 0. The number of thiol groups is 2. The zero-order valence-corrected chi connectivity index (χ0v) is 14.8. The van der Waals surface area contributed by atoms with Crippen molar-refractivity contribution < 1.29 is 9.47 Å². The number of hydrogen-bond acceptors (Lipinski definition) is 6. The highest BCUT2D eigenvalue weighted by Crippen LogP contribution is 2.50. The maximum Gasteiger partial charge on any atom is 0.148 e. The molecule has 0 radical (unpaired) electrons. The van der Waals surface area contributed by atoms with Gasteiger partial charge in [-0.05, 0) is 25.0 Å². The molecule has 0 saturated carbocycles. The first-order valence-corrected chi connectivity index (χ1v) is 9.49. The van der Waals surface area contributed by atoms with Gasteiger partial charge in [0.15, 0.2) is 0 Å². The summed E-state index contributed by atoms with van der Waals surface area (Å²) in [6, 6.07) is 8.71. The van der Waals surface area contributed by atoms with E-state index in [0.717, 1.165) is 11.5 Å². The van der Waals surface area contributed by atoms with Gasteiger partial charge >= 0.3 is 0 Å². The Bertz CT molecular complexity index is 470. The number of benzene rings is 1. The van der Waals surface area contributed by atoms with E-state index in [1.165, 1.54) is 11.1 Å². The van der Waals surface area contributed by atoms with Crippen LogP contribution < -0.4 is 0 Å². The van der Waals surface area contributed by atoms with Gasteiger partial charge in [0.1, 0.15) is 20.7 Å². The van der Waals surface area contributed by atoms with Crippen molar-refractivity contribution in [3.05, 3.63) is 35.4 Å². The van der Waals surface area contributed by atoms with E-state index in [4.69, 9.17) is 9.47 Å². The van der Waals surface area contributed by atoms with Crippen molar-refractivity contribution in [2.24, 2.45) is 0 Å². The molecule has 2 fully saturated rings. The van der Waals surface area contributed by atoms with Crippen LogP contribution in [0.3, 0.4) is 0 Å². The second kappa shape index (κ2) is 5.63. The van der Waals surface area contributed by atoms with E-state index in [0.29, 0.717) is 0 Å². The minimum absolute atomic E-state index is 0.0746. The quantitative estimate of drug-likeness (QED) is 0.597. The van der Waals surface area contributed by atoms with Crippen LogP contribution in [0, 0.1) is 0 Å². The van der Waals surface area contributed by atoms with Crippen LogP contribution in [-0.4, -0.2) is 20.7 Å². The van der Waals surface area contributed by atoms with Gasteiger partial charge in [-0.3, -0.25) is 0 Å². The molecule has 0 spiro atoms. The molecule has 2 heterocycles. The molecule has 0 N–H and O–H groups in total. The molecule has 110 valence electrons. The molecule has 1 aromatic rings. The molecule has 2 aliphatic rings. The molecule has 4 atom stereocenters. The topological polar surface area (TPSA) is 25.1 Å². The normalized spacial score (nSPS) is 38.8. The predicted molar refractivity (Wildman–Crippen MR) is 93.6 cm³/mol. The second-order valence-electron chi connectivity index (χ2n) is 5.37. The maximum absolute atomic E-state index is 5.47. The lowest BCUT2D eigenvalue weighted by Crippen LogP contribution is -2.02. The number of hydrogen-bond donors (Lipinski definition) is 2. The van der Waals surface area contributed by atoms with Crippen molar-refractivity contribution in [2.75, 3.05) is 0 Å². The summed E-state index contributed by atoms with van der Waals surface area (Å²) in [7, 11) is 0. The van der Waals surface area contributed by atoms with Crippen LogP contribution in [0.5, 0.6) is 0 Å². The van der Waals surface area contributed by atoms with Crippen LogP contribution in [0.25, 0.3) is 0 Å². The van der Waals surface area contributed by atoms with Gasteiger partial charge in [0, 0.05) is 11.5 Å². The first-order valence-electron chi connectivity index (χ1n) is 6.49. The average Bonchev–Trinajstić information content (AvgIpc) is 3.23. The molecule has 3 rings (SSSR count). The largest absolute Gasteiger partial charge is 0.343 e. The molecule has 6 heteroatoms. The number of epoxide rings is 2. The second-order valence-corrected chi connectivity index (χ2v) is 9.08. The maximum atomic E-state index is 5.47. The lowest BCUT2D eigenvalue weighted by atomic mass is 10.2. The molecule has 0 amide bonds. The molecular formula is C14H18O2S4. The lowest BCUT2D eigenvalue weighted by molar-refractivity contribution is 0.394. The highest BCUT2D eigenvalue weighted by atomic mass is 32.2. The number of rotatable bonds is 6. The van der Waals surface area contributed by atoms with Gasteiger partial charge in [-0.1, -0.05) is 24.3 Å². The SMILES string of the molecule is CC1(SCc2cccc(CSC3(C)OC3S)c2)OC1S. The summed E-state index contributed by atoms with van der Waals surface area (Å²) in [6.07, 6.45) is 0. The van der Waals surface area contributed by atoms with Gasteiger partial charge in [-0.25, -0.2) is 0 Å². The van der Waals surface area contributed by atoms with E-state index in [1.54, 1.807) is 0 Å². The van der Waals surface area contributed by atoms with Crippen LogP contribution in [-0.2, 0) is 21.0 Å². The summed E-state index contributed by atoms with van der Waals surface area (Å²) in [6.45, 7) is 4.18. The fraction of sp³-hybridized carbons (Fsp3) is 0.571. The standard InChI is InChI=1S/C14H18O2S4/c1-13(11(17)15-13)19-7-9-4-3-5-10(6-9)8-20-14(2)12(18)16-14/h3-6,11-12,17-18H,7-8H2,1-2H3. The van der Waals surface area contributed by atoms with Crippen LogP contribution in [0.15, 0.2) is 24.3 Å². The van der Waals surface area contributed by atoms with Crippen LogP contribution >= 0.6 is 48.8 Å². The van der Waals surface area contributed by atoms with Crippen molar-refractivity contribution >= 4 is 48.8 Å². The monoisotopic (exact) mass is 346 g/mol. The third-order valence-electron chi connectivity index (χ3n) is 3.52. The predicted octanol–water partition coefficient (Wildman–Crippen LogP) is 4.16. The Balaban J connectivity index is 1.53. The minimum atomic E-state index is -0.109. The average molecular weight is 347 g/mol. The fourth-order valence-electron chi connectivity index (χ4n) is 1.85. The van der Waals surface area contributed by atoms with E-state index in [-0.39, 0.29) is 20.7 Å². The van der Waals surface area contributed by atoms with Crippen molar-refractivity contribution in [3.63, 3.8) is 0 Å². The van der Waals surface area contributed by atoms with E-state index < -0.39 is 0 Å². The number of ether oxygens (including phenoxy) is 2. The summed E-state index contributed by atoms with van der Waals surface area (Å²) in [4.78, 5) is -0.217. The van der Waals surface area contributed by atoms with Crippen molar-refractivity contribution in [3.8, 4) is 0 Å². The van der Waals surface area contributed by atoms with Gasteiger partial charge < -0.3 is 9.47 Å². The van der Waals surface area contributed by atoms with Gasteiger partial charge in [-0.15, -0.1) is 48.8 Å². The lowest BCUT2D eigenvalue weighted by Gasteiger charge is -2.09. The third kappa shape index (κ3) is 3.47. The van der Waals surface area contributed by atoms with Gasteiger partial charge in [0.25, 0.3) is 0 Å². The van der Waals surface area contributed by atoms with Crippen LogP contribution in [0.2, 0.25) is 0 Å². The first kappa shape index (κ1) is 15.4. The van der Waals surface area contributed by atoms with E-state index >= 15 is 0 Å². The molecule has 0 aliphatic carbocycles. The number of thioether (sulfide) groups is 2. The molecular weight excluding hydrogens is 328 g/mol. The molecule has 2 nitrogen and oxygen atoms in total. The van der Waals surface area contributed by atoms with Crippen molar-refractivity contribution in [1.82, 2.24) is 0 Å². The summed E-state index contributed by atoms with van der Waals surface area (Å²) in [5.74, 6) is 1.91. The molecule has 2 aliphatic heterocycles. The van der Waals surface area contributed by atoms with Crippen LogP contribution in [0.4, 0.5) is 0 Å². The molecule has 20 heavy (non-hydrogen) atoms. The molecule has 2 saturated heterocycles. The van der Waals surface area contributed by atoms with Crippen molar-refractivity contribution in [2.45, 2.75) is 46.1 Å². The van der Waals surface area contributed by atoms with E-state index in [9.17, 15) is 0 Å². The molecule has 0 aromatic heterocycles. The Labute approximate surface area is 139 Å². The molecule has 0 bridgehead atoms. The molecule has 1 aromatic carbocycles. The Morgan fingerprint density at radius 1 is 1.00 bits per heavy atom. The Morgan fingerprint density at radius 2 is 1.40 bits per heavy atom. The summed E-state index contributed by atoms with van der Waals surface area (Å²) < 4.78 is 10.9. The highest BCUT2D eigenvalue weighted by Gasteiger charge is 2.51. The summed E-state index contributed by atoms with van der Waals surface area (Å²) in [5.41, 5.74) is 2.81. The minimum Gasteiger partial charge on any atom is -0.343 e. The highest BCUT2D eigenvalue weighted by molar-refractivity contribution is 8.01. The smallest absolute Gasteiger partial charge is 0.148 e. The van der Waals surface area contributed by atoms with Crippen molar-refractivity contribution in [1.29, 1.82) is 0 Å². The van der Waals surface area contributed by atoms with Crippen LogP contribution in [0.1, 0.15) is 25.0 Å².